The van der Waals surface area contributed by atoms with E-state index in [0.717, 1.165) is 22.4 Å². The number of phenolic OH excluding ortho intramolecular Hbond substituents is 1. The second-order valence-corrected chi connectivity index (χ2v) is 10.1. The number of aliphatic imine (C=N–C) groups is 1. The predicted molar refractivity (Wildman–Crippen MR) is 112 cm³/mol. The van der Waals surface area contributed by atoms with Gasteiger partial charge in [-0.15, -0.1) is 0 Å². The minimum atomic E-state index is -0.826. The number of phenols is 1. The van der Waals surface area contributed by atoms with E-state index in [2.05, 4.69) is 31.0 Å². The van der Waals surface area contributed by atoms with Crippen LogP contribution in [0.4, 0.5) is 5.69 Å². The number of hydrogen-bond acceptors (Lipinski definition) is 2. The van der Waals surface area contributed by atoms with Crippen LogP contribution in [0.25, 0.3) is 0 Å². The van der Waals surface area contributed by atoms with E-state index < -0.39 is 20.8 Å². The Balaban J connectivity index is 0.000000817. The third-order valence-corrected chi connectivity index (χ3v) is 4.34. The monoisotopic (exact) mass is 475 g/mol. The first-order valence-electron chi connectivity index (χ1n) is 8.44. The molecule has 2 nitrogen and oxygen atoms in total. The fourth-order valence-corrected chi connectivity index (χ4v) is 2.84. The van der Waals surface area contributed by atoms with Crippen LogP contribution in [0.5, 0.6) is 5.75 Å². The van der Waals surface area contributed by atoms with Crippen molar-refractivity contribution in [2.75, 3.05) is 0 Å². The van der Waals surface area contributed by atoms with Gasteiger partial charge in [-0.25, -0.2) is 0 Å². The van der Waals surface area contributed by atoms with Crippen molar-refractivity contribution in [3.05, 3.63) is 95.6 Å². The Morgan fingerprint density at radius 1 is 0.852 bits per heavy atom. The summed E-state index contributed by atoms with van der Waals surface area (Å²) in [6, 6.07) is 25.8. The Morgan fingerprint density at radius 2 is 1.41 bits per heavy atom. The Bertz CT molecular complexity index is 868. The molecule has 0 aliphatic carbocycles. The quantitative estimate of drug-likeness (QED) is 0.410. The molecule has 0 amide bonds. The van der Waals surface area contributed by atoms with Gasteiger partial charge in [-0.2, -0.15) is 0 Å². The van der Waals surface area contributed by atoms with Crippen LogP contribution in [-0.4, -0.2) is 11.3 Å². The van der Waals surface area contributed by atoms with Crippen molar-refractivity contribution in [3.63, 3.8) is 0 Å². The summed E-state index contributed by atoms with van der Waals surface area (Å²) in [5, 5.41) is 10.8. The van der Waals surface area contributed by atoms with Crippen molar-refractivity contribution in [1.29, 1.82) is 0 Å². The first-order valence-corrected chi connectivity index (χ1v) is 14.8. The van der Waals surface area contributed by atoms with E-state index in [9.17, 15) is 5.11 Å². The van der Waals surface area contributed by atoms with E-state index in [1.807, 2.05) is 66.7 Å². The molecule has 0 aromatic heterocycles. The molecule has 3 aromatic carbocycles. The van der Waals surface area contributed by atoms with Gasteiger partial charge < -0.3 is 5.11 Å². The van der Waals surface area contributed by atoms with E-state index in [1.54, 1.807) is 6.21 Å². The predicted octanol–water partition coefficient (Wildman–Crippen LogP) is 6.85. The summed E-state index contributed by atoms with van der Waals surface area (Å²) in [4.78, 5) is 4.45. The van der Waals surface area contributed by atoms with Crippen LogP contribution in [0.1, 0.15) is 30.5 Å². The second kappa shape index (κ2) is 10.8. The van der Waals surface area contributed by atoms with Crippen molar-refractivity contribution < 1.29 is 26.0 Å². The van der Waals surface area contributed by atoms with Gasteiger partial charge in [0.05, 0.1) is 5.69 Å². The van der Waals surface area contributed by atoms with E-state index in [1.165, 1.54) is 0 Å². The Morgan fingerprint density at radius 3 is 2.00 bits per heavy atom. The summed E-state index contributed by atoms with van der Waals surface area (Å²) < 4.78 is 0. The van der Waals surface area contributed by atoms with Gasteiger partial charge in [-0.05, 0) is 23.8 Å². The molecule has 0 fully saturated rings. The number of rotatable bonds is 4. The van der Waals surface area contributed by atoms with Gasteiger partial charge in [-0.3, -0.25) is 4.99 Å². The first-order chi connectivity index (χ1) is 13.0. The summed E-state index contributed by atoms with van der Waals surface area (Å²) in [6.07, 6.45) is 1.72. The van der Waals surface area contributed by atoms with Crippen LogP contribution >= 0.6 is 17.0 Å². The molecule has 5 heteroatoms. The molecule has 0 radical (unpaired) electrons. The summed E-state index contributed by atoms with van der Waals surface area (Å²) in [7, 11) is 9.87. The van der Waals surface area contributed by atoms with Gasteiger partial charge in [0.15, 0.2) is 0 Å². The summed E-state index contributed by atoms with van der Waals surface area (Å²) >= 11 is -0.826. The molecule has 0 saturated carbocycles. The molecule has 138 valence electrons. The Labute approximate surface area is 179 Å². The summed E-state index contributed by atoms with van der Waals surface area (Å²) in [5.74, 6) is 0.283. The van der Waals surface area contributed by atoms with Gasteiger partial charge in [0, 0.05) is 22.8 Å². The molecule has 0 aliphatic heterocycles. The Hall–Kier alpha value is -1.41. The maximum atomic E-state index is 10.8. The van der Waals surface area contributed by atoms with Crippen molar-refractivity contribution in [2.45, 2.75) is 19.3 Å². The molecule has 1 N–H and O–H groups in total. The van der Waals surface area contributed by atoms with E-state index in [4.69, 9.17) is 17.0 Å². The SMILES string of the molecule is CC(C)(c1ccccc1)c1cccc(C=Nc2ccccc2)c1O.[Cl][Zr][Cl]. The fourth-order valence-electron chi connectivity index (χ4n) is 2.84. The fraction of sp³-hybridized carbons (Fsp3) is 0.136. The topological polar surface area (TPSA) is 32.6 Å². The third-order valence-electron chi connectivity index (χ3n) is 4.34. The minimum absolute atomic E-state index is 0.283. The van der Waals surface area contributed by atoms with Crippen LogP contribution < -0.4 is 0 Å². The van der Waals surface area contributed by atoms with Crippen molar-refractivity contribution >= 4 is 28.9 Å². The number of para-hydroxylation sites is 2. The van der Waals surface area contributed by atoms with Crippen LogP contribution in [0.3, 0.4) is 0 Å². The van der Waals surface area contributed by atoms with Gasteiger partial charge in [0.2, 0.25) is 0 Å². The van der Waals surface area contributed by atoms with E-state index in [0.29, 0.717) is 0 Å². The summed E-state index contributed by atoms with van der Waals surface area (Å²) in [6.45, 7) is 4.24. The van der Waals surface area contributed by atoms with E-state index in [-0.39, 0.29) is 11.2 Å². The normalized spacial score (nSPS) is 11.0. The molecule has 3 aromatic rings. The standard InChI is InChI=1S/C22H21NO.2ClH.Zr/c1-22(2,18-11-5-3-6-12-18)20-15-9-10-17(21(20)24)16-23-19-13-7-4-8-14-19;;;/h3-16,24H,1-2H3;2*1H;/q;;;+2/p-2. The zero-order valence-electron chi connectivity index (χ0n) is 15.2. The number of hydrogen-bond donors (Lipinski definition) is 1. The van der Waals surface area contributed by atoms with Crippen molar-refractivity contribution in [1.82, 2.24) is 0 Å². The summed E-state index contributed by atoms with van der Waals surface area (Å²) in [5.41, 5.74) is 3.36. The number of nitrogens with zero attached hydrogens (tertiary/aromatic N) is 1. The maximum absolute atomic E-state index is 10.8. The Kier molecular flexibility index (Phi) is 8.76. The molecule has 0 spiro atoms. The molecule has 0 aliphatic rings. The van der Waals surface area contributed by atoms with Crippen molar-refractivity contribution in [2.24, 2.45) is 4.99 Å². The molecule has 3 rings (SSSR count). The number of benzene rings is 3. The van der Waals surface area contributed by atoms with Gasteiger partial charge in [0.25, 0.3) is 0 Å². The second-order valence-electron chi connectivity index (χ2n) is 6.40. The van der Waals surface area contributed by atoms with Gasteiger partial charge >= 0.3 is 37.9 Å². The average Bonchev–Trinajstić information content (AvgIpc) is 2.69. The van der Waals surface area contributed by atoms with Crippen LogP contribution in [0.2, 0.25) is 0 Å². The number of aromatic hydroxyl groups is 1. The number of halogens is 2. The molecular formula is C22H21Cl2NOZr. The molecule has 0 bridgehead atoms. The molecule has 27 heavy (non-hydrogen) atoms. The average molecular weight is 478 g/mol. The molecular weight excluding hydrogens is 456 g/mol. The van der Waals surface area contributed by atoms with Crippen LogP contribution in [0, 0.1) is 0 Å². The zero-order valence-corrected chi connectivity index (χ0v) is 19.2. The van der Waals surface area contributed by atoms with Crippen molar-refractivity contribution in [3.8, 4) is 5.75 Å². The molecule has 0 unspecified atom stereocenters. The van der Waals surface area contributed by atoms with E-state index >= 15 is 0 Å². The van der Waals surface area contributed by atoms with Crippen LogP contribution in [0.15, 0.2) is 83.9 Å². The molecule has 0 heterocycles. The first kappa shape index (κ1) is 21.9. The van der Waals surface area contributed by atoms with Gasteiger partial charge in [0.1, 0.15) is 5.75 Å². The molecule has 0 saturated heterocycles. The van der Waals surface area contributed by atoms with Gasteiger partial charge in [-0.1, -0.05) is 74.5 Å². The zero-order chi connectivity index (χ0) is 19.7. The third kappa shape index (κ3) is 6.04. The molecule has 0 atom stereocenters. The van der Waals surface area contributed by atoms with Crippen LogP contribution in [-0.2, 0) is 26.3 Å².